The van der Waals surface area contributed by atoms with Gasteiger partial charge in [0.15, 0.2) is 0 Å². The van der Waals surface area contributed by atoms with Gasteiger partial charge < -0.3 is 15.2 Å². The van der Waals surface area contributed by atoms with Gasteiger partial charge in [0.1, 0.15) is 0 Å². The third-order valence-electron chi connectivity index (χ3n) is 5.16. The average Bonchev–Trinajstić information content (AvgIpc) is 3.40. The van der Waals surface area contributed by atoms with Gasteiger partial charge in [-0.25, -0.2) is 0 Å². The summed E-state index contributed by atoms with van der Waals surface area (Å²) in [7, 11) is 1.79. The van der Waals surface area contributed by atoms with E-state index in [1.165, 1.54) is 24.0 Å². The van der Waals surface area contributed by atoms with E-state index >= 15 is 0 Å². The van der Waals surface area contributed by atoms with E-state index in [2.05, 4.69) is 34.5 Å². The number of benzene rings is 1. The zero-order valence-electron chi connectivity index (χ0n) is 14.2. The number of nitrogens with one attached hydrogen (secondary N) is 1. The van der Waals surface area contributed by atoms with Crippen LogP contribution in [0, 0.1) is 5.92 Å². The number of aliphatic hydroxyl groups is 1. The lowest BCUT2D eigenvalue weighted by molar-refractivity contribution is 0.0791. The van der Waals surface area contributed by atoms with Gasteiger partial charge in [0.25, 0.3) is 0 Å². The second-order valence-corrected chi connectivity index (χ2v) is 7.06. The van der Waals surface area contributed by atoms with E-state index in [1.54, 1.807) is 7.11 Å². The summed E-state index contributed by atoms with van der Waals surface area (Å²) in [5.74, 6) is 0.797. The van der Waals surface area contributed by atoms with Crippen LogP contribution in [0.4, 0.5) is 0 Å². The van der Waals surface area contributed by atoms with Gasteiger partial charge in [-0.15, -0.1) is 0 Å². The number of ether oxygens (including phenoxy) is 1. The SMILES string of the molecule is COCC(NCc1ccccc1CN1CCC(O)CC1)C1CC1. The highest BCUT2D eigenvalue weighted by Gasteiger charge is 2.30. The van der Waals surface area contributed by atoms with E-state index in [1.807, 2.05) is 0 Å². The molecular weight excluding hydrogens is 288 g/mol. The molecule has 1 saturated carbocycles. The van der Waals surface area contributed by atoms with Crippen molar-refractivity contribution in [3.8, 4) is 0 Å². The number of hydrogen-bond donors (Lipinski definition) is 2. The summed E-state index contributed by atoms with van der Waals surface area (Å²) in [5, 5.41) is 13.4. The molecule has 1 atom stereocenters. The van der Waals surface area contributed by atoms with Gasteiger partial charge >= 0.3 is 0 Å². The molecule has 1 aliphatic heterocycles. The number of likely N-dealkylation sites (tertiary alicyclic amines) is 1. The van der Waals surface area contributed by atoms with Crippen LogP contribution in [0.2, 0.25) is 0 Å². The van der Waals surface area contributed by atoms with Crippen molar-refractivity contribution in [2.75, 3.05) is 26.8 Å². The molecule has 1 heterocycles. The lowest BCUT2D eigenvalue weighted by atomic mass is 10.0. The van der Waals surface area contributed by atoms with Crippen LogP contribution in [0.5, 0.6) is 0 Å². The van der Waals surface area contributed by atoms with E-state index in [0.717, 1.165) is 51.5 Å². The minimum atomic E-state index is -0.100. The predicted octanol–water partition coefficient (Wildman–Crippen LogP) is 2.16. The maximum absolute atomic E-state index is 9.65. The molecule has 4 heteroatoms. The molecule has 0 bridgehead atoms. The van der Waals surface area contributed by atoms with E-state index in [-0.39, 0.29) is 6.10 Å². The van der Waals surface area contributed by atoms with Crippen molar-refractivity contribution >= 4 is 0 Å². The lowest BCUT2D eigenvalue weighted by Crippen LogP contribution is -2.36. The van der Waals surface area contributed by atoms with Crippen molar-refractivity contribution in [3.63, 3.8) is 0 Å². The minimum absolute atomic E-state index is 0.100. The normalized spacial score (nSPS) is 21.5. The van der Waals surface area contributed by atoms with Gasteiger partial charge in [-0.1, -0.05) is 24.3 Å². The van der Waals surface area contributed by atoms with E-state index < -0.39 is 0 Å². The summed E-state index contributed by atoms with van der Waals surface area (Å²) in [4.78, 5) is 2.46. The smallest absolute Gasteiger partial charge is 0.0618 e. The van der Waals surface area contributed by atoms with Crippen molar-refractivity contribution in [1.29, 1.82) is 0 Å². The number of nitrogens with zero attached hydrogens (tertiary/aromatic N) is 1. The van der Waals surface area contributed by atoms with E-state index in [0.29, 0.717) is 6.04 Å². The molecule has 1 aliphatic carbocycles. The van der Waals surface area contributed by atoms with Crippen LogP contribution >= 0.6 is 0 Å². The summed E-state index contributed by atoms with van der Waals surface area (Å²) >= 11 is 0. The first-order valence-corrected chi connectivity index (χ1v) is 8.96. The number of aliphatic hydroxyl groups excluding tert-OH is 1. The predicted molar refractivity (Wildman–Crippen MR) is 92.2 cm³/mol. The van der Waals surface area contributed by atoms with Crippen LogP contribution in [0.1, 0.15) is 36.8 Å². The van der Waals surface area contributed by atoms with Crippen molar-refractivity contribution in [1.82, 2.24) is 10.2 Å². The maximum Gasteiger partial charge on any atom is 0.0618 e. The first-order valence-electron chi connectivity index (χ1n) is 8.96. The number of piperidine rings is 1. The van der Waals surface area contributed by atoms with Crippen molar-refractivity contribution < 1.29 is 9.84 Å². The molecule has 2 aliphatic rings. The molecule has 128 valence electrons. The van der Waals surface area contributed by atoms with Gasteiger partial charge in [-0.05, 0) is 42.7 Å². The summed E-state index contributed by atoms with van der Waals surface area (Å²) in [6, 6.07) is 9.22. The Balaban J connectivity index is 1.56. The second-order valence-electron chi connectivity index (χ2n) is 7.06. The Morgan fingerprint density at radius 1 is 1.17 bits per heavy atom. The topological polar surface area (TPSA) is 44.7 Å². The van der Waals surface area contributed by atoms with Gasteiger partial charge in [0.05, 0.1) is 12.7 Å². The van der Waals surface area contributed by atoms with Crippen molar-refractivity contribution in [2.45, 2.75) is 50.9 Å². The third kappa shape index (κ3) is 5.01. The summed E-state index contributed by atoms with van der Waals surface area (Å²) < 4.78 is 5.36. The number of rotatable bonds is 8. The summed E-state index contributed by atoms with van der Waals surface area (Å²) in [6.07, 6.45) is 4.37. The van der Waals surface area contributed by atoms with E-state index in [4.69, 9.17) is 4.74 Å². The van der Waals surface area contributed by atoms with E-state index in [9.17, 15) is 5.11 Å². The largest absolute Gasteiger partial charge is 0.393 e. The van der Waals surface area contributed by atoms with Crippen molar-refractivity contribution in [2.24, 2.45) is 5.92 Å². The highest BCUT2D eigenvalue weighted by molar-refractivity contribution is 5.27. The molecule has 0 spiro atoms. The second kappa shape index (κ2) is 8.25. The van der Waals surface area contributed by atoms with Gasteiger partial charge in [0, 0.05) is 39.3 Å². The third-order valence-corrected chi connectivity index (χ3v) is 5.16. The standard InChI is InChI=1S/C19H30N2O2/c1-23-14-19(15-6-7-15)20-12-16-4-2-3-5-17(16)13-21-10-8-18(22)9-11-21/h2-5,15,18-20,22H,6-14H2,1H3. The number of methoxy groups -OCH3 is 1. The van der Waals surface area contributed by atoms with Gasteiger partial charge in [0.2, 0.25) is 0 Å². The van der Waals surface area contributed by atoms with Crippen LogP contribution in [0.25, 0.3) is 0 Å². The van der Waals surface area contributed by atoms with Crippen LogP contribution in [0.3, 0.4) is 0 Å². The quantitative estimate of drug-likeness (QED) is 0.771. The fourth-order valence-electron chi connectivity index (χ4n) is 3.48. The molecule has 1 saturated heterocycles. The molecular formula is C19H30N2O2. The van der Waals surface area contributed by atoms with Gasteiger partial charge in [-0.2, -0.15) is 0 Å². The first kappa shape index (κ1) is 16.9. The Morgan fingerprint density at radius 2 is 1.87 bits per heavy atom. The Kier molecular flexibility index (Phi) is 6.06. The Morgan fingerprint density at radius 3 is 2.52 bits per heavy atom. The number of hydrogen-bond acceptors (Lipinski definition) is 4. The fraction of sp³-hybridized carbons (Fsp3) is 0.684. The Bertz CT molecular complexity index is 482. The monoisotopic (exact) mass is 318 g/mol. The minimum Gasteiger partial charge on any atom is -0.393 e. The zero-order chi connectivity index (χ0) is 16.1. The molecule has 2 N–H and O–H groups in total. The maximum atomic E-state index is 9.65. The molecule has 0 radical (unpaired) electrons. The lowest BCUT2D eigenvalue weighted by Gasteiger charge is -2.30. The molecule has 4 nitrogen and oxygen atoms in total. The zero-order valence-corrected chi connectivity index (χ0v) is 14.2. The Hall–Kier alpha value is -0.940. The molecule has 3 rings (SSSR count). The van der Waals surface area contributed by atoms with Crippen LogP contribution in [-0.2, 0) is 17.8 Å². The molecule has 23 heavy (non-hydrogen) atoms. The molecule has 0 amide bonds. The molecule has 0 aromatic heterocycles. The van der Waals surface area contributed by atoms with Crippen molar-refractivity contribution in [3.05, 3.63) is 35.4 Å². The van der Waals surface area contributed by atoms with Crippen LogP contribution in [-0.4, -0.2) is 49.0 Å². The highest BCUT2D eigenvalue weighted by atomic mass is 16.5. The molecule has 1 aromatic rings. The fourth-order valence-corrected chi connectivity index (χ4v) is 3.48. The Labute approximate surface area is 139 Å². The van der Waals surface area contributed by atoms with Crippen LogP contribution < -0.4 is 5.32 Å². The molecule has 1 unspecified atom stereocenters. The first-order chi connectivity index (χ1) is 11.3. The summed E-state index contributed by atoms with van der Waals surface area (Å²) in [6.45, 7) is 4.70. The molecule has 2 fully saturated rings. The summed E-state index contributed by atoms with van der Waals surface area (Å²) in [5.41, 5.74) is 2.80. The average molecular weight is 318 g/mol. The van der Waals surface area contributed by atoms with Crippen LogP contribution in [0.15, 0.2) is 24.3 Å². The van der Waals surface area contributed by atoms with Gasteiger partial charge in [-0.3, -0.25) is 4.90 Å². The highest BCUT2D eigenvalue weighted by Crippen LogP contribution is 2.33. The molecule has 1 aromatic carbocycles.